The first-order chi connectivity index (χ1) is 7.58. The highest BCUT2D eigenvalue weighted by Gasteiger charge is 2.04. The van der Waals surface area contributed by atoms with Gasteiger partial charge in [-0.1, -0.05) is 0 Å². The fourth-order valence-electron chi connectivity index (χ4n) is 1.30. The number of nitrogens with one attached hydrogen (secondary N) is 1. The molecule has 0 fully saturated rings. The monoisotopic (exact) mass is 234 g/mol. The fourth-order valence-corrected chi connectivity index (χ4v) is 1.44. The van der Waals surface area contributed by atoms with Gasteiger partial charge in [-0.3, -0.25) is 10.1 Å². The third kappa shape index (κ3) is 1.84. The van der Waals surface area contributed by atoms with Crippen LogP contribution in [0.25, 0.3) is 11.3 Å². The second-order valence-electron chi connectivity index (χ2n) is 3.26. The summed E-state index contributed by atoms with van der Waals surface area (Å²) in [7, 11) is 1.82. The summed E-state index contributed by atoms with van der Waals surface area (Å²) in [6, 6.07) is 3.32. The number of hydrogen-bond donors (Lipinski definition) is 2. The summed E-state index contributed by atoms with van der Waals surface area (Å²) < 4.78 is 2.88. The van der Waals surface area contributed by atoms with E-state index in [0.717, 1.165) is 5.56 Å². The van der Waals surface area contributed by atoms with E-state index < -0.39 is 0 Å². The minimum absolute atomic E-state index is 0.0516. The van der Waals surface area contributed by atoms with Crippen LogP contribution in [-0.2, 0) is 7.05 Å². The minimum Gasteiger partial charge on any atom is -0.374 e. The molecule has 0 bridgehead atoms. The molecule has 82 valence electrons. The molecule has 2 rings (SSSR count). The normalized spacial score (nSPS) is 10.3. The number of nitrogens with zero attached hydrogens (tertiary/aromatic N) is 4. The second kappa shape index (κ2) is 3.86. The van der Waals surface area contributed by atoms with Crippen molar-refractivity contribution in [2.24, 2.45) is 12.8 Å². The van der Waals surface area contributed by atoms with Crippen LogP contribution in [0.2, 0.25) is 0 Å². The maximum atomic E-state index is 7.58. The maximum absolute atomic E-state index is 7.58. The molecule has 0 aromatic carbocycles. The Morgan fingerprint density at radius 1 is 1.50 bits per heavy atom. The van der Waals surface area contributed by atoms with Gasteiger partial charge in [-0.05, 0) is 24.4 Å². The van der Waals surface area contributed by atoms with Gasteiger partial charge in [0.05, 0.1) is 11.9 Å². The lowest BCUT2D eigenvalue weighted by molar-refractivity contribution is 0.767. The van der Waals surface area contributed by atoms with Crippen LogP contribution in [0.15, 0.2) is 24.5 Å². The average Bonchev–Trinajstić information content (AvgIpc) is 2.65. The van der Waals surface area contributed by atoms with E-state index in [1.54, 1.807) is 23.0 Å². The summed E-state index contributed by atoms with van der Waals surface area (Å²) in [5.74, 6) is 0. The zero-order valence-electron chi connectivity index (χ0n) is 8.58. The molecule has 0 aliphatic heterocycles. The Bertz CT molecular complexity index is 596. The Morgan fingerprint density at radius 2 is 2.25 bits per heavy atom. The third-order valence-electron chi connectivity index (χ3n) is 2.04. The number of aryl methyl sites for hydroxylation is 1. The summed E-state index contributed by atoms with van der Waals surface area (Å²) in [4.78, 5) is 0. The number of hydrogen-bond acceptors (Lipinski definition) is 4. The van der Waals surface area contributed by atoms with Crippen LogP contribution in [0, 0.1) is 5.41 Å². The van der Waals surface area contributed by atoms with Crippen molar-refractivity contribution in [3.05, 3.63) is 30.0 Å². The van der Waals surface area contributed by atoms with Crippen LogP contribution in [0.4, 0.5) is 0 Å². The lowest BCUT2D eigenvalue weighted by Gasteiger charge is -2.04. The van der Waals surface area contributed by atoms with Crippen LogP contribution in [-0.4, -0.2) is 24.7 Å². The summed E-state index contributed by atoms with van der Waals surface area (Å²) in [6.07, 6.45) is 3.52. The summed E-state index contributed by atoms with van der Waals surface area (Å²) in [5.41, 5.74) is 7.14. The van der Waals surface area contributed by atoms with Gasteiger partial charge in [0.1, 0.15) is 5.49 Å². The van der Waals surface area contributed by atoms with Crippen LogP contribution in [0.5, 0.6) is 0 Å². The van der Waals surface area contributed by atoms with E-state index in [4.69, 9.17) is 23.4 Å². The zero-order chi connectivity index (χ0) is 11.7. The molecule has 6 nitrogen and oxygen atoms in total. The molecule has 0 spiro atoms. The molecule has 0 aliphatic rings. The van der Waals surface area contributed by atoms with Crippen molar-refractivity contribution in [2.45, 2.75) is 0 Å². The van der Waals surface area contributed by atoms with E-state index in [1.165, 1.54) is 4.68 Å². The SMILES string of the molecule is Cn1cc(-c2ccc(=N)n(C(N)=S)n2)cn1. The van der Waals surface area contributed by atoms with Crippen molar-refractivity contribution in [3.63, 3.8) is 0 Å². The Labute approximate surface area is 96.8 Å². The van der Waals surface area contributed by atoms with Gasteiger partial charge in [0.25, 0.3) is 0 Å². The molecule has 16 heavy (non-hydrogen) atoms. The minimum atomic E-state index is 0.0516. The van der Waals surface area contributed by atoms with Gasteiger partial charge in [-0.25, -0.2) is 0 Å². The van der Waals surface area contributed by atoms with Gasteiger partial charge >= 0.3 is 0 Å². The molecule has 2 heterocycles. The van der Waals surface area contributed by atoms with Crippen molar-refractivity contribution in [1.29, 1.82) is 5.41 Å². The van der Waals surface area contributed by atoms with Gasteiger partial charge < -0.3 is 5.73 Å². The topological polar surface area (TPSA) is 85.5 Å². The smallest absolute Gasteiger partial charge is 0.193 e. The van der Waals surface area contributed by atoms with Crippen molar-refractivity contribution in [1.82, 2.24) is 19.6 Å². The van der Waals surface area contributed by atoms with Crippen LogP contribution >= 0.6 is 12.2 Å². The van der Waals surface area contributed by atoms with Crippen molar-refractivity contribution < 1.29 is 0 Å². The van der Waals surface area contributed by atoms with Crippen molar-refractivity contribution in [3.8, 4) is 11.3 Å². The average molecular weight is 234 g/mol. The Hall–Kier alpha value is -2.02. The van der Waals surface area contributed by atoms with E-state index in [0.29, 0.717) is 5.69 Å². The van der Waals surface area contributed by atoms with E-state index in [1.807, 2.05) is 13.2 Å². The molecule has 0 saturated carbocycles. The number of aromatic nitrogens is 4. The van der Waals surface area contributed by atoms with Gasteiger partial charge in [-0.2, -0.15) is 14.9 Å². The Morgan fingerprint density at radius 3 is 2.81 bits per heavy atom. The van der Waals surface area contributed by atoms with E-state index in [-0.39, 0.29) is 10.6 Å². The lowest BCUT2D eigenvalue weighted by Crippen LogP contribution is -2.33. The highest BCUT2D eigenvalue weighted by atomic mass is 32.1. The molecular formula is C9H10N6S. The molecule has 3 N–H and O–H groups in total. The first-order valence-electron chi connectivity index (χ1n) is 4.52. The highest BCUT2D eigenvalue weighted by Crippen LogP contribution is 2.12. The quantitative estimate of drug-likeness (QED) is 0.672. The molecule has 0 saturated heterocycles. The van der Waals surface area contributed by atoms with Crippen LogP contribution < -0.4 is 11.2 Å². The van der Waals surface area contributed by atoms with E-state index >= 15 is 0 Å². The van der Waals surface area contributed by atoms with Crippen molar-refractivity contribution in [2.75, 3.05) is 0 Å². The highest BCUT2D eigenvalue weighted by molar-refractivity contribution is 7.80. The van der Waals surface area contributed by atoms with Crippen LogP contribution in [0.1, 0.15) is 0 Å². The molecule has 7 heteroatoms. The molecular weight excluding hydrogens is 224 g/mol. The summed E-state index contributed by atoms with van der Waals surface area (Å²) in [5, 5.41) is 15.8. The first kappa shape index (κ1) is 10.5. The lowest BCUT2D eigenvalue weighted by atomic mass is 10.2. The maximum Gasteiger partial charge on any atom is 0.193 e. The Kier molecular flexibility index (Phi) is 2.53. The standard InChI is InChI=1S/C9H10N6S/c1-14-5-6(4-12-14)7-2-3-8(10)15(13-7)9(11)16/h2-5,10H,1H3,(H2,11,16). The number of rotatable bonds is 1. The molecule has 0 radical (unpaired) electrons. The first-order valence-corrected chi connectivity index (χ1v) is 4.92. The molecule has 0 unspecified atom stereocenters. The Balaban J connectivity index is 2.55. The molecule has 0 aliphatic carbocycles. The van der Waals surface area contributed by atoms with Gasteiger partial charge in [0.2, 0.25) is 0 Å². The van der Waals surface area contributed by atoms with Gasteiger partial charge in [0, 0.05) is 18.8 Å². The second-order valence-corrected chi connectivity index (χ2v) is 3.67. The van der Waals surface area contributed by atoms with E-state index in [9.17, 15) is 0 Å². The van der Waals surface area contributed by atoms with E-state index in [2.05, 4.69) is 10.2 Å². The van der Waals surface area contributed by atoms with Gasteiger partial charge in [0.15, 0.2) is 5.11 Å². The number of thiocarbonyl (C=S) groups is 1. The molecule has 2 aromatic rings. The summed E-state index contributed by atoms with van der Waals surface area (Å²) >= 11 is 4.80. The largest absolute Gasteiger partial charge is 0.374 e. The molecule has 2 aromatic heterocycles. The van der Waals surface area contributed by atoms with Gasteiger partial charge in [-0.15, -0.1) is 0 Å². The summed E-state index contributed by atoms with van der Waals surface area (Å²) in [6.45, 7) is 0. The molecule has 0 amide bonds. The molecule has 0 atom stereocenters. The third-order valence-corrected chi connectivity index (χ3v) is 2.22. The zero-order valence-corrected chi connectivity index (χ0v) is 9.40. The van der Waals surface area contributed by atoms with Crippen molar-refractivity contribution >= 4 is 17.3 Å². The fraction of sp³-hybridized carbons (Fsp3) is 0.111. The predicted molar refractivity (Wildman–Crippen MR) is 62.5 cm³/mol. The van der Waals surface area contributed by atoms with Crippen LogP contribution in [0.3, 0.4) is 0 Å². The predicted octanol–water partition coefficient (Wildman–Crippen LogP) is -0.145. The number of nitrogens with two attached hydrogens (primary N) is 1.